The molecule has 0 rings (SSSR count). The van der Waals surface area contributed by atoms with Gasteiger partial charge in [0, 0.05) is 19.1 Å². The summed E-state index contributed by atoms with van der Waals surface area (Å²) in [5.74, 6) is -0.382. The Hall–Kier alpha value is -1.26. The highest BCUT2D eigenvalue weighted by atomic mass is 16.4. The summed E-state index contributed by atoms with van der Waals surface area (Å²) in [7, 11) is 1.73. The molecule has 5 nitrogen and oxygen atoms in total. The lowest BCUT2D eigenvalue weighted by molar-refractivity contribution is -0.137. The molecule has 0 aliphatic carbocycles. The molecule has 0 aliphatic heterocycles. The van der Waals surface area contributed by atoms with Crippen LogP contribution in [0.15, 0.2) is 0 Å². The Morgan fingerprint density at radius 3 is 2.18 bits per heavy atom. The van der Waals surface area contributed by atoms with Crippen molar-refractivity contribution in [2.24, 2.45) is 5.92 Å². The number of nitrogens with zero attached hydrogens (tertiary/aromatic N) is 1. The third-order valence-electron chi connectivity index (χ3n) is 2.64. The fourth-order valence-electron chi connectivity index (χ4n) is 1.67. The van der Waals surface area contributed by atoms with Crippen molar-refractivity contribution in [2.75, 3.05) is 7.05 Å². The lowest BCUT2D eigenvalue weighted by atomic mass is 10.0. The van der Waals surface area contributed by atoms with Gasteiger partial charge in [-0.2, -0.15) is 0 Å². The van der Waals surface area contributed by atoms with Crippen molar-refractivity contribution in [1.29, 1.82) is 0 Å². The summed E-state index contributed by atoms with van der Waals surface area (Å²) in [4.78, 5) is 23.9. The van der Waals surface area contributed by atoms with Gasteiger partial charge in [-0.25, -0.2) is 4.79 Å². The molecule has 100 valence electrons. The highest BCUT2D eigenvalue weighted by molar-refractivity contribution is 5.75. The van der Waals surface area contributed by atoms with Crippen molar-refractivity contribution in [1.82, 2.24) is 10.2 Å². The fourth-order valence-corrected chi connectivity index (χ4v) is 1.67. The van der Waals surface area contributed by atoms with E-state index in [1.165, 1.54) is 0 Å². The van der Waals surface area contributed by atoms with Crippen LogP contribution in [0.1, 0.15) is 40.5 Å². The predicted octanol–water partition coefficient (Wildman–Crippen LogP) is 1.93. The molecule has 0 aromatic heterocycles. The normalized spacial score (nSPS) is 14.2. The first kappa shape index (κ1) is 15.7. The molecule has 2 unspecified atom stereocenters. The van der Waals surface area contributed by atoms with Crippen molar-refractivity contribution in [3.8, 4) is 0 Å². The quantitative estimate of drug-likeness (QED) is 0.750. The second-order valence-electron chi connectivity index (χ2n) is 5.04. The van der Waals surface area contributed by atoms with Gasteiger partial charge in [0.25, 0.3) is 0 Å². The van der Waals surface area contributed by atoms with Gasteiger partial charge >= 0.3 is 12.0 Å². The number of carboxylic acid groups (broad SMARTS) is 1. The molecule has 17 heavy (non-hydrogen) atoms. The van der Waals surface area contributed by atoms with Crippen molar-refractivity contribution in [3.63, 3.8) is 0 Å². The summed E-state index contributed by atoms with van der Waals surface area (Å²) in [6.07, 6.45) is 0.870. The van der Waals surface area contributed by atoms with Crippen LogP contribution < -0.4 is 5.32 Å². The molecule has 0 aromatic rings. The topological polar surface area (TPSA) is 69.6 Å². The maximum Gasteiger partial charge on any atom is 0.317 e. The lowest BCUT2D eigenvalue weighted by Gasteiger charge is -2.27. The molecule has 0 heterocycles. The molecule has 0 fully saturated rings. The summed E-state index contributed by atoms with van der Waals surface area (Å²) in [5, 5.41) is 11.3. The Morgan fingerprint density at radius 1 is 1.24 bits per heavy atom. The van der Waals surface area contributed by atoms with Crippen LogP contribution in [0, 0.1) is 5.92 Å². The van der Waals surface area contributed by atoms with Crippen LogP contribution in [0.25, 0.3) is 0 Å². The molecule has 2 N–H and O–H groups in total. The Labute approximate surface area is 103 Å². The van der Waals surface area contributed by atoms with Crippen molar-refractivity contribution in [3.05, 3.63) is 0 Å². The van der Waals surface area contributed by atoms with Crippen LogP contribution in [-0.4, -0.2) is 41.1 Å². The number of urea groups is 1. The zero-order valence-electron chi connectivity index (χ0n) is 11.4. The van der Waals surface area contributed by atoms with E-state index in [-0.39, 0.29) is 24.5 Å². The summed E-state index contributed by atoms with van der Waals surface area (Å²) < 4.78 is 0. The van der Waals surface area contributed by atoms with Gasteiger partial charge < -0.3 is 15.3 Å². The first-order valence-corrected chi connectivity index (χ1v) is 5.99. The molecule has 2 atom stereocenters. The van der Waals surface area contributed by atoms with Gasteiger partial charge in [0.05, 0.1) is 6.42 Å². The molecule has 0 bridgehead atoms. The summed E-state index contributed by atoms with van der Waals surface area (Å²) in [5.41, 5.74) is 0. The number of carbonyl (C=O) groups excluding carboxylic acids is 1. The molecule has 0 aliphatic rings. The van der Waals surface area contributed by atoms with Crippen LogP contribution in [0.2, 0.25) is 0 Å². The van der Waals surface area contributed by atoms with E-state index in [9.17, 15) is 9.59 Å². The van der Waals surface area contributed by atoms with Gasteiger partial charge in [-0.1, -0.05) is 13.8 Å². The average molecular weight is 244 g/mol. The summed E-state index contributed by atoms with van der Waals surface area (Å²) >= 11 is 0. The maximum absolute atomic E-state index is 11.8. The minimum absolute atomic E-state index is 0.0574. The fraction of sp³-hybridized carbons (Fsp3) is 0.833. The van der Waals surface area contributed by atoms with Crippen molar-refractivity contribution < 1.29 is 14.7 Å². The minimum atomic E-state index is -0.907. The van der Waals surface area contributed by atoms with Gasteiger partial charge in [0.15, 0.2) is 0 Å². The van der Waals surface area contributed by atoms with Crippen LogP contribution in [-0.2, 0) is 4.79 Å². The highest BCUT2D eigenvalue weighted by Crippen LogP contribution is 2.09. The van der Waals surface area contributed by atoms with E-state index in [2.05, 4.69) is 19.2 Å². The molecule has 0 saturated carbocycles. The standard InChI is InChI=1S/C12H24N2O3/c1-8(2)6-10(4)14(5)12(17)13-9(3)7-11(15)16/h8-10H,6-7H2,1-5H3,(H,13,17)(H,15,16). The number of amides is 2. The van der Waals surface area contributed by atoms with E-state index < -0.39 is 5.97 Å². The Morgan fingerprint density at radius 2 is 1.76 bits per heavy atom. The zero-order valence-corrected chi connectivity index (χ0v) is 11.4. The van der Waals surface area contributed by atoms with E-state index in [0.29, 0.717) is 5.92 Å². The second-order valence-corrected chi connectivity index (χ2v) is 5.04. The summed E-state index contributed by atoms with van der Waals surface area (Å²) in [6, 6.07) is -0.423. The number of hydrogen-bond donors (Lipinski definition) is 2. The Balaban J connectivity index is 4.16. The van der Waals surface area contributed by atoms with Crippen molar-refractivity contribution in [2.45, 2.75) is 52.6 Å². The van der Waals surface area contributed by atoms with Gasteiger partial charge in [-0.3, -0.25) is 4.79 Å². The van der Waals surface area contributed by atoms with Crippen molar-refractivity contribution >= 4 is 12.0 Å². The Kier molecular flexibility index (Phi) is 6.61. The third kappa shape index (κ3) is 6.81. The maximum atomic E-state index is 11.8. The molecule has 0 radical (unpaired) electrons. The number of hydrogen-bond acceptors (Lipinski definition) is 2. The van der Waals surface area contributed by atoms with E-state index in [1.54, 1.807) is 18.9 Å². The van der Waals surface area contributed by atoms with E-state index in [1.807, 2.05) is 6.92 Å². The van der Waals surface area contributed by atoms with E-state index >= 15 is 0 Å². The van der Waals surface area contributed by atoms with Crippen LogP contribution in [0.5, 0.6) is 0 Å². The number of aliphatic carboxylic acids is 1. The second kappa shape index (κ2) is 7.14. The van der Waals surface area contributed by atoms with Gasteiger partial charge in [0.2, 0.25) is 0 Å². The molecular formula is C12H24N2O3. The highest BCUT2D eigenvalue weighted by Gasteiger charge is 2.19. The van der Waals surface area contributed by atoms with Crippen LogP contribution in [0.3, 0.4) is 0 Å². The molecular weight excluding hydrogens is 220 g/mol. The number of nitrogens with one attached hydrogen (secondary N) is 1. The third-order valence-corrected chi connectivity index (χ3v) is 2.64. The zero-order chi connectivity index (χ0) is 13.6. The van der Waals surface area contributed by atoms with Gasteiger partial charge in [0.1, 0.15) is 0 Å². The number of rotatable bonds is 6. The Bertz CT molecular complexity index is 266. The molecule has 2 amide bonds. The smallest absolute Gasteiger partial charge is 0.317 e. The van der Waals surface area contributed by atoms with Gasteiger partial charge in [-0.05, 0) is 26.2 Å². The predicted molar refractivity (Wildman–Crippen MR) is 66.9 cm³/mol. The van der Waals surface area contributed by atoms with E-state index in [4.69, 9.17) is 5.11 Å². The number of carboxylic acids is 1. The first-order valence-electron chi connectivity index (χ1n) is 5.99. The average Bonchev–Trinajstić information content (AvgIpc) is 2.13. The molecule has 0 saturated heterocycles. The SMILES string of the molecule is CC(C)CC(C)N(C)C(=O)NC(C)CC(=O)O. The lowest BCUT2D eigenvalue weighted by Crippen LogP contribution is -2.46. The summed E-state index contributed by atoms with van der Waals surface area (Å²) in [6.45, 7) is 7.89. The van der Waals surface area contributed by atoms with Crippen LogP contribution in [0.4, 0.5) is 4.79 Å². The van der Waals surface area contributed by atoms with Gasteiger partial charge in [-0.15, -0.1) is 0 Å². The molecule has 5 heteroatoms. The molecule has 0 aromatic carbocycles. The molecule has 0 spiro atoms. The van der Waals surface area contributed by atoms with E-state index in [0.717, 1.165) is 6.42 Å². The van der Waals surface area contributed by atoms with Crippen LogP contribution >= 0.6 is 0 Å². The monoisotopic (exact) mass is 244 g/mol. The largest absolute Gasteiger partial charge is 0.481 e. The number of carbonyl (C=O) groups is 2. The minimum Gasteiger partial charge on any atom is -0.481 e. The first-order chi connectivity index (χ1) is 7.73.